The van der Waals surface area contributed by atoms with Gasteiger partial charge in [0.2, 0.25) is 5.91 Å². The summed E-state index contributed by atoms with van der Waals surface area (Å²) in [6.07, 6.45) is 2.77. The summed E-state index contributed by atoms with van der Waals surface area (Å²) in [6.45, 7) is 0.888. The third kappa shape index (κ3) is 3.53. The lowest BCUT2D eigenvalue weighted by Gasteiger charge is -2.28. The van der Waals surface area contributed by atoms with E-state index in [4.69, 9.17) is 4.74 Å². The van der Waals surface area contributed by atoms with Gasteiger partial charge in [-0.05, 0) is 25.2 Å². The molecule has 2 rings (SSSR count). The van der Waals surface area contributed by atoms with Gasteiger partial charge < -0.3 is 15.2 Å². The molecule has 6 heteroatoms. The van der Waals surface area contributed by atoms with Crippen LogP contribution in [0.25, 0.3) is 0 Å². The lowest BCUT2D eigenvalue weighted by atomic mass is 9.83. The average molecular weight is 269 g/mol. The Morgan fingerprint density at radius 3 is 2.74 bits per heavy atom. The van der Waals surface area contributed by atoms with Crippen LogP contribution in [0.1, 0.15) is 32.1 Å². The van der Waals surface area contributed by atoms with Crippen molar-refractivity contribution in [2.24, 2.45) is 11.8 Å². The molecule has 0 aromatic carbocycles. The van der Waals surface area contributed by atoms with Gasteiger partial charge >= 0.3 is 5.97 Å². The van der Waals surface area contributed by atoms with Crippen LogP contribution in [-0.2, 0) is 19.1 Å². The maximum absolute atomic E-state index is 11.9. The van der Waals surface area contributed by atoms with E-state index in [1.807, 2.05) is 0 Å². The Bertz CT molecular complexity index is 375. The van der Waals surface area contributed by atoms with E-state index in [0.717, 1.165) is 0 Å². The molecule has 0 aromatic heterocycles. The van der Waals surface area contributed by atoms with E-state index < -0.39 is 12.0 Å². The summed E-state index contributed by atoms with van der Waals surface area (Å²) in [5, 5.41) is 11.8. The minimum atomic E-state index is -1.06. The SMILES string of the molecule is O=C1CCC[C@H]([C@@H](NC(=O)[C@H]2CCOC2)C(=O)O)C1. The largest absolute Gasteiger partial charge is 0.480 e. The quantitative estimate of drug-likeness (QED) is 0.768. The third-order valence-corrected chi connectivity index (χ3v) is 3.86. The van der Waals surface area contributed by atoms with Gasteiger partial charge in [-0.2, -0.15) is 0 Å². The van der Waals surface area contributed by atoms with Crippen LogP contribution in [0.4, 0.5) is 0 Å². The van der Waals surface area contributed by atoms with Crippen LogP contribution in [0.5, 0.6) is 0 Å². The predicted molar refractivity (Wildman–Crippen MR) is 65.5 cm³/mol. The maximum atomic E-state index is 11.9. The van der Waals surface area contributed by atoms with Gasteiger partial charge in [0, 0.05) is 19.4 Å². The number of aliphatic carboxylic acids is 1. The van der Waals surface area contributed by atoms with Gasteiger partial charge in [-0.15, -0.1) is 0 Å². The van der Waals surface area contributed by atoms with E-state index in [0.29, 0.717) is 38.9 Å². The topological polar surface area (TPSA) is 92.7 Å². The van der Waals surface area contributed by atoms with E-state index in [2.05, 4.69) is 5.32 Å². The van der Waals surface area contributed by atoms with Gasteiger partial charge in [-0.1, -0.05) is 0 Å². The minimum Gasteiger partial charge on any atom is -0.480 e. The smallest absolute Gasteiger partial charge is 0.326 e. The van der Waals surface area contributed by atoms with Crippen molar-refractivity contribution in [3.63, 3.8) is 0 Å². The van der Waals surface area contributed by atoms with Crippen molar-refractivity contribution in [2.75, 3.05) is 13.2 Å². The van der Waals surface area contributed by atoms with Crippen LogP contribution in [0.3, 0.4) is 0 Å². The first kappa shape index (κ1) is 14.0. The molecule has 1 saturated carbocycles. The number of nitrogens with one attached hydrogen (secondary N) is 1. The maximum Gasteiger partial charge on any atom is 0.326 e. The van der Waals surface area contributed by atoms with Crippen LogP contribution in [0.15, 0.2) is 0 Å². The zero-order valence-corrected chi connectivity index (χ0v) is 10.8. The highest BCUT2D eigenvalue weighted by atomic mass is 16.5. The Kier molecular flexibility index (Phi) is 4.52. The third-order valence-electron chi connectivity index (χ3n) is 3.86. The lowest BCUT2D eigenvalue weighted by molar-refractivity contribution is -0.145. The molecule has 6 nitrogen and oxygen atoms in total. The summed E-state index contributed by atoms with van der Waals surface area (Å²) in [5.74, 6) is -1.80. The molecule has 0 aromatic rings. The molecule has 1 amide bonds. The molecule has 1 aliphatic heterocycles. The number of carbonyl (C=O) groups is 3. The van der Waals surface area contributed by atoms with Gasteiger partial charge in [0.05, 0.1) is 12.5 Å². The van der Waals surface area contributed by atoms with Crippen LogP contribution in [0.2, 0.25) is 0 Å². The number of carboxylic acids is 1. The van der Waals surface area contributed by atoms with Gasteiger partial charge in [-0.25, -0.2) is 4.79 Å². The Morgan fingerprint density at radius 2 is 2.16 bits per heavy atom. The number of Topliss-reactive ketones (excluding diaryl/α,β-unsaturated/α-hetero) is 1. The van der Waals surface area contributed by atoms with Crippen LogP contribution < -0.4 is 5.32 Å². The second-order valence-corrected chi connectivity index (χ2v) is 5.28. The van der Waals surface area contributed by atoms with Gasteiger partial charge in [0.1, 0.15) is 11.8 Å². The highest BCUT2D eigenvalue weighted by Gasteiger charge is 2.35. The summed E-state index contributed by atoms with van der Waals surface area (Å²) in [7, 11) is 0. The number of hydrogen-bond acceptors (Lipinski definition) is 4. The van der Waals surface area contributed by atoms with Gasteiger partial charge in [0.15, 0.2) is 0 Å². The second kappa shape index (κ2) is 6.14. The molecular weight excluding hydrogens is 250 g/mol. The molecule has 106 valence electrons. The fourth-order valence-electron chi connectivity index (χ4n) is 2.74. The average Bonchev–Trinajstić information content (AvgIpc) is 2.89. The monoisotopic (exact) mass is 269 g/mol. The molecule has 0 unspecified atom stereocenters. The molecule has 3 atom stereocenters. The number of amides is 1. The molecule has 1 aliphatic carbocycles. The summed E-state index contributed by atoms with van der Waals surface area (Å²) in [5.41, 5.74) is 0. The molecule has 1 heterocycles. The van der Waals surface area contributed by atoms with E-state index >= 15 is 0 Å². The fourth-order valence-corrected chi connectivity index (χ4v) is 2.74. The zero-order valence-electron chi connectivity index (χ0n) is 10.8. The number of hydrogen-bond donors (Lipinski definition) is 2. The molecule has 0 radical (unpaired) electrons. The number of rotatable bonds is 4. The predicted octanol–water partition coefficient (Wildman–Crippen LogP) is 0.352. The van der Waals surface area contributed by atoms with E-state index in [9.17, 15) is 19.5 Å². The molecule has 2 N–H and O–H groups in total. The van der Waals surface area contributed by atoms with Crippen LogP contribution >= 0.6 is 0 Å². The van der Waals surface area contributed by atoms with Gasteiger partial charge in [0.25, 0.3) is 0 Å². The molecular formula is C13H19NO5. The number of ketones is 1. The molecule has 1 saturated heterocycles. The second-order valence-electron chi connectivity index (χ2n) is 5.28. The van der Waals surface area contributed by atoms with Crippen molar-refractivity contribution >= 4 is 17.7 Å². The Balaban J connectivity index is 1.97. The van der Waals surface area contributed by atoms with E-state index in [1.54, 1.807) is 0 Å². The van der Waals surface area contributed by atoms with Crippen molar-refractivity contribution in [1.29, 1.82) is 0 Å². The minimum absolute atomic E-state index is 0.0842. The van der Waals surface area contributed by atoms with Gasteiger partial charge in [-0.3, -0.25) is 9.59 Å². The normalized spacial score (nSPS) is 28.9. The first-order valence-electron chi connectivity index (χ1n) is 6.70. The molecule has 2 aliphatic rings. The Hall–Kier alpha value is -1.43. The first-order chi connectivity index (χ1) is 9.08. The Labute approximate surface area is 111 Å². The van der Waals surface area contributed by atoms with Crippen molar-refractivity contribution < 1.29 is 24.2 Å². The molecule has 19 heavy (non-hydrogen) atoms. The first-order valence-corrected chi connectivity index (χ1v) is 6.70. The standard InChI is InChI=1S/C13H19NO5/c15-10-3-1-2-8(6-10)11(13(17)18)14-12(16)9-4-5-19-7-9/h8-9,11H,1-7H2,(H,14,16)(H,17,18)/t8-,9-,11+/m0/s1. The van der Waals surface area contributed by atoms with E-state index in [1.165, 1.54) is 0 Å². The summed E-state index contributed by atoms with van der Waals surface area (Å²) < 4.78 is 5.12. The number of carbonyl (C=O) groups excluding carboxylic acids is 2. The Morgan fingerprint density at radius 1 is 1.37 bits per heavy atom. The fraction of sp³-hybridized carbons (Fsp3) is 0.769. The van der Waals surface area contributed by atoms with Crippen molar-refractivity contribution in [2.45, 2.75) is 38.1 Å². The van der Waals surface area contributed by atoms with Crippen LogP contribution in [0, 0.1) is 11.8 Å². The van der Waals surface area contributed by atoms with Crippen molar-refractivity contribution in [1.82, 2.24) is 5.32 Å². The number of carboxylic acid groups (broad SMARTS) is 1. The zero-order chi connectivity index (χ0) is 13.8. The molecule has 0 bridgehead atoms. The summed E-state index contributed by atoms with van der Waals surface area (Å²) in [4.78, 5) is 34.7. The van der Waals surface area contributed by atoms with Crippen LogP contribution in [-0.4, -0.2) is 42.0 Å². The van der Waals surface area contributed by atoms with E-state index in [-0.39, 0.29) is 29.9 Å². The summed E-state index contributed by atoms with van der Waals surface area (Å²) in [6, 6.07) is -0.961. The highest BCUT2D eigenvalue weighted by molar-refractivity contribution is 5.86. The molecule has 0 spiro atoms. The molecule has 2 fully saturated rings. The van der Waals surface area contributed by atoms with Crippen molar-refractivity contribution in [3.8, 4) is 0 Å². The number of ether oxygens (including phenoxy) is 1. The summed E-state index contributed by atoms with van der Waals surface area (Å²) >= 11 is 0. The van der Waals surface area contributed by atoms with Crippen molar-refractivity contribution in [3.05, 3.63) is 0 Å². The highest BCUT2D eigenvalue weighted by Crippen LogP contribution is 2.25. The lowest BCUT2D eigenvalue weighted by Crippen LogP contribution is -2.49.